The molecule has 1 saturated heterocycles. The lowest BCUT2D eigenvalue weighted by atomic mass is 10.1. The Bertz CT molecular complexity index is 167. The van der Waals surface area contributed by atoms with Gasteiger partial charge in [-0.05, 0) is 39.2 Å². The topological polar surface area (TPSA) is 23.5 Å². The highest BCUT2D eigenvalue weighted by molar-refractivity contribution is 4.95. The van der Waals surface area contributed by atoms with Gasteiger partial charge in [0, 0.05) is 19.2 Å². The van der Waals surface area contributed by atoms with Crippen LogP contribution in [0.25, 0.3) is 0 Å². The van der Waals surface area contributed by atoms with Crippen LogP contribution in [-0.4, -0.2) is 35.7 Å². The number of aliphatic hydroxyl groups is 1. The summed E-state index contributed by atoms with van der Waals surface area (Å²) in [5.74, 6) is 0. The van der Waals surface area contributed by atoms with Crippen molar-refractivity contribution in [1.29, 1.82) is 0 Å². The zero-order valence-corrected chi connectivity index (χ0v) is 8.63. The van der Waals surface area contributed by atoms with E-state index in [1.807, 2.05) is 0 Å². The van der Waals surface area contributed by atoms with Gasteiger partial charge in [0.2, 0.25) is 0 Å². The molecule has 0 bridgehead atoms. The normalized spacial score (nSPS) is 23.7. The molecule has 2 heteroatoms. The largest absolute Gasteiger partial charge is 0.396 e. The standard InChI is InChI=1S/C11H21NO/c1-10(2)9-12-7-3-5-11(12)6-4-8-13/h11,13H,1,3-9H2,2H3. The summed E-state index contributed by atoms with van der Waals surface area (Å²) < 4.78 is 0. The summed E-state index contributed by atoms with van der Waals surface area (Å²) in [7, 11) is 0. The highest BCUT2D eigenvalue weighted by Gasteiger charge is 2.23. The first-order chi connectivity index (χ1) is 6.24. The Morgan fingerprint density at radius 2 is 2.38 bits per heavy atom. The summed E-state index contributed by atoms with van der Waals surface area (Å²) in [4.78, 5) is 2.50. The third kappa shape index (κ3) is 3.49. The van der Waals surface area contributed by atoms with E-state index >= 15 is 0 Å². The van der Waals surface area contributed by atoms with Gasteiger partial charge in [-0.3, -0.25) is 4.90 Å². The van der Waals surface area contributed by atoms with E-state index in [0.717, 1.165) is 19.4 Å². The van der Waals surface area contributed by atoms with E-state index in [-0.39, 0.29) is 0 Å². The zero-order valence-electron chi connectivity index (χ0n) is 8.63. The van der Waals surface area contributed by atoms with Crippen LogP contribution < -0.4 is 0 Å². The molecule has 1 unspecified atom stereocenters. The van der Waals surface area contributed by atoms with Crippen LogP contribution in [-0.2, 0) is 0 Å². The van der Waals surface area contributed by atoms with Crippen LogP contribution in [0.3, 0.4) is 0 Å². The van der Waals surface area contributed by atoms with Gasteiger partial charge in [-0.1, -0.05) is 12.2 Å². The summed E-state index contributed by atoms with van der Waals surface area (Å²) in [6.07, 6.45) is 4.69. The van der Waals surface area contributed by atoms with Gasteiger partial charge in [0.05, 0.1) is 0 Å². The summed E-state index contributed by atoms with van der Waals surface area (Å²) in [6, 6.07) is 0.698. The predicted molar refractivity (Wildman–Crippen MR) is 55.7 cm³/mol. The van der Waals surface area contributed by atoms with Crippen molar-refractivity contribution in [3.05, 3.63) is 12.2 Å². The van der Waals surface area contributed by atoms with E-state index in [1.165, 1.54) is 25.0 Å². The summed E-state index contributed by atoms with van der Waals surface area (Å²) in [5.41, 5.74) is 1.25. The van der Waals surface area contributed by atoms with Crippen molar-refractivity contribution in [2.24, 2.45) is 0 Å². The number of hydrogen-bond acceptors (Lipinski definition) is 2. The monoisotopic (exact) mass is 183 g/mol. The molecule has 0 aliphatic carbocycles. The van der Waals surface area contributed by atoms with Gasteiger partial charge in [0.1, 0.15) is 0 Å². The minimum absolute atomic E-state index is 0.331. The molecule has 0 saturated carbocycles. The molecule has 0 aromatic heterocycles. The Kier molecular flexibility index (Phi) is 4.46. The van der Waals surface area contributed by atoms with Gasteiger partial charge >= 0.3 is 0 Å². The molecule has 1 aliphatic heterocycles. The van der Waals surface area contributed by atoms with Crippen LogP contribution in [0.5, 0.6) is 0 Å². The second-order valence-electron chi connectivity index (χ2n) is 4.09. The van der Waals surface area contributed by atoms with Crippen LogP contribution in [0.1, 0.15) is 32.6 Å². The van der Waals surface area contributed by atoms with Crippen molar-refractivity contribution in [3.8, 4) is 0 Å². The van der Waals surface area contributed by atoms with Crippen molar-refractivity contribution in [3.63, 3.8) is 0 Å². The Balaban J connectivity index is 2.30. The maximum atomic E-state index is 8.76. The summed E-state index contributed by atoms with van der Waals surface area (Å²) >= 11 is 0. The van der Waals surface area contributed by atoms with Gasteiger partial charge in [-0.25, -0.2) is 0 Å². The van der Waals surface area contributed by atoms with Gasteiger partial charge in [0.25, 0.3) is 0 Å². The van der Waals surface area contributed by atoms with Crippen LogP contribution in [0, 0.1) is 0 Å². The lowest BCUT2D eigenvalue weighted by Crippen LogP contribution is -2.30. The average Bonchev–Trinajstić information content (AvgIpc) is 2.48. The lowest BCUT2D eigenvalue weighted by molar-refractivity contribution is 0.227. The molecule has 0 spiro atoms. The van der Waals surface area contributed by atoms with Gasteiger partial charge in [0.15, 0.2) is 0 Å². The van der Waals surface area contributed by atoms with E-state index in [0.29, 0.717) is 12.6 Å². The molecule has 1 heterocycles. The Hall–Kier alpha value is -0.340. The van der Waals surface area contributed by atoms with E-state index < -0.39 is 0 Å². The van der Waals surface area contributed by atoms with Crippen LogP contribution >= 0.6 is 0 Å². The van der Waals surface area contributed by atoms with E-state index in [9.17, 15) is 0 Å². The van der Waals surface area contributed by atoms with Crippen LogP contribution in [0.15, 0.2) is 12.2 Å². The number of rotatable bonds is 5. The fourth-order valence-electron chi connectivity index (χ4n) is 2.10. The van der Waals surface area contributed by atoms with Crippen molar-refractivity contribution in [2.75, 3.05) is 19.7 Å². The molecule has 76 valence electrons. The lowest BCUT2D eigenvalue weighted by Gasteiger charge is -2.24. The van der Waals surface area contributed by atoms with Gasteiger partial charge < -0.3 is 5.11 Å². The van der Waals surface area contributed by atoms with Gasteiger partial charge in [-0.15, -0.1) is 0 Å². The van der Waals surface area contributed by atoms with E-state index in [2.05, 4.69) is 18.4 Å². The van der Waals surface area contributed by atoms with Crippen molar-refractivity contribution in [1.82, 2.24) is 4.90 Å². The molecule has 1 aliphatic rings. The van der Waals surface area contributed by atoms with Crippen LogP contribution in [0.2, 0.25) is 0 Å². The maximum Gasteiger partial charge on any atom is 0.0431 e. The SMILES string of the molecule is C=C(C)CN1CCCC1CCCO. The first-order valence-corrected chi connectivity index (χ1v) is 5.23. The third-order valence-corrected chi connectivity index (χ3v) is 2.67. The molecule has 0 aromatic rings. The third-order valence-electron chi connectivity index (χ3n) is 2.67. The molecular formula is C11H21NO. The molecule has 1 rings (SSSR count). The molecule has 2 nitrogen and oxygen atoms in total. The smallest absolute Gasteiger partial charge is 0.0431 e. The molecule has 13 heavy (non-hydrogen) atoms. The number of likely N-dealkylation sites (tertiary alicyclic amines) is 1. The van der Waals surface area contributed by atoms with E-state index in [1.54, 1.807) is 0 Å². The second-order valence-corrected chi connectivity index (χ2v) is 4.09. The van der Waals surface area contributed by atoms with Crippen molar-refractivity contribution >= 4 is 0 Å². The quantitative estimate of drug-likeness (QED) is 0.657. The fourth-order valence-corrected chi connectivity index (χ4v) is 2.10. The number of nitrogens with zero attached hydrogens (tertiary/aromatic N) is 1. The molecule has 0 aromatic carbocycles. The first-order valence-electron chi connectivity index (χ1n) is 5.23. The van der Waals surface area contributed by atoms with Crippen molar-refractivity contribution in [2.45, 2.75) is 38.6 Å². The minimum atomic E-state index is 0.331. The molecule has 1 atom stereocenters. The molecule has 0 radical (unpaired) electrons. The van der Waals surface area contributed by atoms with Crippen LogP contribution in [0.4, 0.5) is 0 Å². The van der Waals surface area contributed by atoms with E-state index in [4.69, 9.17) is 5.11 Å². The van der Waals surface area contributed by atoms with Crippen molar-refractivity contribution < 1.29 is 5.11 Å². The summed E-state index contributed by atoms with van der Waals surface area (Å²) in [6.45, 7) is 8.61. The number of hydrogen-bond donors (Lipinski definition) is 1. The molecular weight excluding hydrogens is 162 g/mol. The number of aliphatic hydroxyl groups excluding tert-OH is 1. The maximum absolute atomic E-state index is 8.76. The predicted octanol–water partition coefficient (Wildman–Crippen LogP) is 1.80. The van der Waals surface area contributed by atoms with Gasteiger partial charge in [-0.2, -0.15) is 0 Å². The fraction of sp³-hybridized carbons (Fsp3) is 0.818. The Labute approximate surface area is 81.2 Å². The minimum Gasteiger partial charge on any atom is -0.396 e. The Morgan fingerprint density at radius 3 is 3.00 bits per heavy atom. The Morgan fingerprint density at radius 1 is 1.62 bits per heavy atom. The molecule has 1 N–H and O–H groups in total. The summed E-state index contributed by atoms with van der Waals surface area (Å²) in [5, 5.41) is 8.76. The average molecular weight is 183 g/mol. The highest BCUT2D eigenvalue weighted by Crippen LogP contribution is 2.21. The molecule has 0 amide bonds. The highest BCUT2D eigenvalue weighted by atomic mass is 16.2. The molecule has 1 fully saturated rings. The zero-order chi connectivity index (χ0) is 9.68. The second kappa shape index (κ2) is 5.40. The first kappa shape index (κ1) is 10.7.